The summed E-state index contributed by atoms with van der Waals surface area (Å²) in [6, 6.07) is 14.9. The molecule has 0 fully saturated rings. The first-order chi connectivity index (χ1) is 23.8. The molecule has 3 aromatic rings. The third kappa shape index (κ3) is 10.3. The van der Waals surface area contributed by atoms with Crippen molar-refractivity contribution in [1.29, 1.82) is 0 Å². The smallest absolute Gasteiger partial charge is 0.321 e. The number of ether oxygens (including phenoxy) is 3. The number of nitrogens with one attached hydrogen (secondary N) is 2. The minimum absolute atomic E-state index is 0.0151. The van der Waals surface area contributed by atoms with E-state index in [1.165, 1.54) is 59.4 Å². The quantitative estimate of drug-likeness (QED) is 0.260. The molecule has 4 atom stereocenters. The van der Waals surface area contributed by atoms with E-state index in [1.807, 2.05) is 13.8 Å². The summed E-state index contributed by atoms with van der Waals surface area (Å²) >= 11 is 0. The van der Waals surface area contributed by atoms with Crippen molar-refractivity contribution in [2.45, 2.75) is 63.2 Å². The predicted octanol–water partition coefficient (Wildman–Crippen LogP) is 5.59. The lowest BCUT2D eigenvalue weighted by molar-refractivity contribution is -0.0115. The maximum Gasteiger partial charge on any atom is 0.321 e. The summed E-state index contributed by atoms with van der Waals surface area (Å²) in [5.74, 6) is -0.391. The zero-order valence-electron chi connectivity index (χ0n) is 29.1. The summed E-state index contributed by atoms with van der Waals surface area (Å²) < 4.78 is 60.1. The van der Waals surface area contributed by atoms with Gasteiger partial charge in [-0.1, -0.05) is 6.92 Å². The van der Waals surface area contributed by atoms with Gasteiger partial charge in [-0.15, -0.1) is 0 Å². The third-order valence-corrected chi connectivity index (χ3v) is 9.97. The van der Waals surface area contributed by atoms with Crippen LogP contribution in [-0.2, 0) is 14.8 Å². The number of aliphatic hydroxyl groups is 1. The first-order valence-electron chi connectivity index (χ1n) is 16.6. The van der Waals surface area contributed by atoms with Crippen LogP contribution in [0.5, 0.6) is 11.5 Å². The molecule has 3 amide bonds. The number of benzene rings is 3. The molecule has 12 nitrogen and oxygen atoms in total. The molecule has 0 spiro atoms. The van der Waals surface area contributed by atoms with Gasteiger partial charge in [-0.05, 0) is 99.8 Å². The topological polar surface area (TPSA) is 147 Å². The Balaban J connectivity index is 1.62. The van der Waals surface area contributed by atoms with Crippen molar-refractivity contribution in [3.05, 3.63) is 78.1 Å². The molecular weight excluding hydrogens is 667 g/mol. The number of hydrogen-bond acceptors (Lipinski definition) is 8. The molecule has 3 N–H and O–H groups in total. The molecule has 0 radical (unpaired) electrons. The zero-order valence-corrected chi connectivity index (χ0v) is 29.9. The van der Waals surface area contributed by atoms with Crippen molar-refractivity contribution >= 4 is 33.3 Å². The Hall–Kier alpha value is -4.40. The van der Waals surface area contributed by atoms with Gasteiger partial charge < -0.3 is 34.4 Å². The van der Waals surface area contributed by atoms with E-state index in [9.17, 15) is 27.5 Å². The van der Waals surface area contributed by atoms with Crippen LogP contribution in [0.1, 0.15) is 50.4 Å². The van der Waals surface area contributed by atoms with Crippen LogP contribution in [0.15, 0.2) is 71.6 Å². The van der Waals surface area contributed by atoms with E-state index < -0.39 is 39.9 Å². The van der Waals surface area contributed by atoms with Gasteiger partial charge in [0.1, 0.15) is 17.3 Å². The Morgan fingerprint density at radius 3 is 2.42 bits per heavy atom. The summed E-state index contributed by atoms with van der Waals surface area (Å²) in [4.78, 5) is 30.4. The molecule has 272 valence electrons. The summed E-state index contributed by atoms with van der Waals surface area (Å²) in [6.07, 6.45) is 1.42. The lowest BCUT2D eigenvalue weighted by Crippen LogP contribution is -2.48. The summed E-state index contributed by atoms with van der Waals surface area (Å²) in [5, 5.41) is 13.0. The molecule has 4 rings (SSSR count). The molecule has 0 saturated carbocycles. The Morgan fingerprint density at radius 1 is 1.08 bits per heavy atom. The Morgan fingerprint density at radius 2 is 1.76 bits per heavy atom. The highest BCUT2D eigenvalue weighted by atomic mass is 32.2. The molecule has 1 aliphatic heterocycles. The first-order valence-corrected chi connectivity index (χ1v) is 18.1. The van der Waals surface area contributed by atoms with Gasteiger partial charge in [0.25, 0.3) is 15.9 Å². The number of carbonyl (C=O) groups excluding carboxylic acids is 2. The van der Waals surface area contributed by atoms with Crippen LogP contribution in [0.3, 0.4) is 0 Å². The number of urea groups is 1. The number of aliphatic hydroxyl groups excluding tert-OH is 1. The number of carbonyl (C=O) groups is 2. The number of rotatable bonds is 9. The first kappa shape index (κ1) is 38.4. The van der Waals surface area contributed by atoms with Gasteiger partial charge in [0.05, 0.1) is 42.4 Å². The predicted molar refractivity (Wildman–Crippen MR) is 189 cm³/mol. The van der Waals surface area contributed by atoms with Crippen molar-refractivity contribution < 1.29 is 41.7 Å². The molecule has 0 aliphatic carbocycles. The largest absolute Gasteiger partial charge is 0.497 e. The number of anilines is 2. The maximum absolute atomic E-state index is 14.4. The molecule has 0 saturated heterocycles. The highest BCUT2D eigenvalue weighted by Crippen LogP contribution is 2.30. The summed E-state index contributed by atoms with van der Waals surface area (Å²) in [6.45, 7) is 5.95. The van der Waals surface area contributed by atoms with Gasteiger partial charge in [0, 0.05) is 44.0 Å². The van der Waals surface area contributed by atoms with Crippen LogP contribution < -0.4 is 19.5 Å². The van der Waals surface area contributed by atoms with Gasteiger partial charge in [-0.2, -0.15) is 0 Å². The average molecular weight is 715 g/mol. The second-order valence-electron chi connectivity index (χ2n) is 12.6. The SMILES string of the molecule is COc1ccc(S(=O)(=O)Nc2ccc3c(c2)C(=O)N([C@@H](C)CO)C[C@@H](C)[C@H](CN(C)C(=O)Nc2ccc(F)cc2)OCCCC[C@@H](C)O3)cc1. The second-order valence-corrected chi connectivity index (χ2v) is 14.3. The third-order valence-electron chi connectivity index (χ3n) is 8.57. The normalized spacial score (nSPS) is 19.7. The van der Waals surface area contributed by atoms with Gasteiger partial charge in [-0.25, -0.2) is 17.6 Å². The standard InChI is InChI=1S/C36H47FN4O8S/c1-24-21-41(25(2)23-42)35(43)32-20-29(39-50(45,46)31-16-14-30(47-5)15-17-31)13-18-33(32)49-26(3)8-6-7-19-48-34(24)22-40(4)36(44)38-28-11-9-27(37)10-12-28/h9-18,20,24-26,34,39,42H,6-8,19,21-23H2,1-5H3,(H,38,44)/t24-,25+,26-,34+/m1/s1. The van der Waals surface area contributed by atoms with Gasteiger partial charge in [-0.3, -0.25) is 9.52 Å². The molecular formula is C36H47FN4O8S. The van der Waals surface area contributed by atoms with Crippen LogP contribution in [0.25, 0.3) is 0 Å². The van der Waals surface area contributed by atoms with Crippen molar-refractivity contribution in [2.75, 3.05) is 50.5 Å². The lowest BCUT2D eigenvalue weighted by atomic mass is 10.0. The number of nitrogens with zero attached hydrogens (tertiary/aromatic N) is 2. The van der Waals surface area contributed by atoms with E-state index in [0.717, 1.165) is 12.8 Å². The Bertz CT molecular complexity index is 1690. The van der Waals surface area contributed by atoms with Gasteiger partial charge >= 0.3 is 6.03 Å². The average Bonchev–Trinajstić information content (AvgIpc) is 3.10. The minimum atomic E-state index is -4.01. The van der Waals surface area contributed by atoms with Crippen LogP contribution >= 0.6 is 0 Å². The lowest BCUT2D eigenvalue weighted by Gasteiger charge is -2.35. The van der Waals surface area contributed by atoms with E-state index in [0.29, 0.717) is 30.2 Å². The van der Waals surface area contributed by atoms with Crippen LogP contribution in [-0.4, -0.2) is 94.0 Å². The van der Waals surface area contributed by atoms with Crippen LogP contribution in [0, 0.1) is 11.7 Å². The molecule has 1 heterocycles. The number of sulfonamides is 1. The number of halogens is 1. The molecule has 0 bridgehead atoms. The molecule has 0 aromatic heterocycles. The molecule has 3 aromatic carbocycles. The van der Waals surface area contributed by atoms with Crippen LogP contribution in [0.2, 0.25) is 0 Å². The summed E-state index contributed by atoms with van der Waals surface area (Å²) in [5.41, 5.74) is 0.729. The molecule has 14 heteroatoms. The number of hydrogen-bond donors (Lipinski definition) is 3. The van der Waals surface area contributed by atoms with E-state index >= 15 is 0 Å². The fraction of sp³-hybridized carbons (Fsp3) is 0.444. The second kappa shape index (κ2) is 17.5. The van der Waals surface area contributed by atoms with Crippen molar-refractivity contribution in [3.8, 4) is 11.5 Å². The molecule has 50 heavy (non-hydrogen) atoms. The van der Waals surface area contributed by atoms with Crippen molar-refractivity contribution in [2.24, 2.45) is 5.92 Å². The van der Waals surface area contributed by atoms with Crippen molar-refractivity contribution in [3.63, 3.8) is 0 Å². The fourth-order valence-corrected chi connectivity index (χ4v) is 6.57. The number of amides is 3. The Kier molecular flexibility index (Phi) is 13.4. The van der Waals surface area contributed by atoms with E-state index in [-0.39, 0.29) is 47.9 Å². The number of likely N-dealkylation sites (N-methyl/N-ethyl adjacent to an activating group) is 1. The monoisotopic (exact) mass is 714 g/mol. The van der Waals surface area contributed by atoms with E-state index in [1.54, 1.807) is 38.2 Å². The highest BCUT2D eigenvalue weighted by Gasteiger charge is 2.31. The number of methoxy groups -OCH3 is 1. The minimum Gasteiger partial charge on any atom is -0.497 e. The van der Waals surface area contributed by atoms with Crippen LogP contribution in [0.4, 0.5) is 20.6 Å². The molecule has 0 unspecified atom stereocenters. The van der Waals surface area contributed by atoms with Gasteiger partial charge in [0.15, 0.2) is 0 Å². The van der Waals surface area contributed by atoms with E-state index in [4.69, 9.17) is 14.2 Å². The Labute approximate surface area is 293 Å². The molecule has 1 aliphatic rings. The van der Waals surface area contributed by atoms with E-state index in [2.05, 4.69) is 10.0 Å². The highest BCUT2D eigenvalue weighted by molar-refractivity contribution is 7.92. The van der Waals surface area contributed by atoms with Crippen molar-refractivity contribution in [1.82, 2.24) is 9.80 Å². The number of fused-ring (bicyclic) bond motifs is 1. The zero-order chi connectivity index (χ0) is 36.4. The summed E-state index contributed by atoms with van der Waals surface area (Å²) in [7, 11) is -0.900. The fourth-order valence-electron chi connectivity index (χ4n) is 5.52. The maximum atomic E-state index is 14.4. The van der Waals surface area contributed by atoms with Gasteiger partial charge in [0.2, 0.25) is 0 Å².